The molecule has 0 bridgehead atoms. The first-order chi connectivity index (χ1) is 16.1. The van der Waals surface area contributed by atoms with Crippen LogP contribution in [0.15, 0.2) is 17.7 Å². The summed E-state index contributed by atoms with van der Waals surface area (Å²) < 4.78 is 12.4. The molecule has 190 valence electrons. The fourth-order valence-corrected chi connectivity index (χ4v) is 6.06. The molecule has 7 heteroatoms. The second kappa shape index (κ2) is 9.78. The predicted octanol–water partition coefficient (Wildman–Crippen LogP) is 3.25. The third-order valence-corrected chi connectivity index (χ3v) is 8.00. The van der Waals surface area contributed by atoms with Gasteiger partial charge >= 0.3 is 0 Å². The molecule has 3 unspecified atom stereocenters. The highest BCUT2D eigenvalue weighted by molar-refractivity contribution is 5.59. The number of aliphatic hydroxyl groups is 4. The van der Waals surface area contributed by atoms with Gasteiger partial charge in [-0.25, -0.2) is 0 Å². The lowest BCUT2D eigenvalue weighted by Crippen LogP contribution is -2.55. The zero-order valence-electron chi connectivity index (χ0n) is 20.7. The molecular weight excluding hydrogens is 436 g/mol. The molecule has 1 aromatic carbocycles. The van der Waals surface area contributed by atoms with Gasteiger partial charge < -0.3 is 35.0 Å². The van der Waals surface area contributed by atoms with E-state index in [1.807, 2.05) is 6.07 Å². The summed E-state index contributed by atoms with van der Waals surface area (Å²) in [4.78, 5) is 0. The van der Waals surface area contributed by atoms with Crippen LogP contribution < -0.4 is 4.74 Å². The van der Waals surface area contributed by atoms with Crippen molar-refractivity contribution in [3.05, 3.63) is 34.4 Å². The molecule has 0 spiro atoms. The van der Waals surface area contributed by atoms with Gasteiger partial charge in [0.15, 0.2) is 0 Å². The third kappa shape index (κ3) is 4.37. The van der Waals surface area contributed by atoms with Gasteiger partial charge in [0, 0.05) is 23.0 Å². The second-order valence-electron chi connectivity index (χ2n) is 10.8. The van der Waals surface area contributed by atoms with Gasteiger partial charge in [0.25, 0.3) is 0 Å². The molecule has 1 aromatic rings. The molecule has 5 N–H and O–H groups in total. The molecule has 7 atom stereocenters. The smallest absolute Gasteiger partial charge is 0.129 e. The van der Waals surface area contributed by atoms with E-state index in [1.54, 1.807) is 0 Å². The predicted molar refractivity (Wildman–Crippen MR) is 128 cm³/mol. The number of ether oxygens (including phenoxy) is 2. The van der Waals surface area contributed by atoms with Gasteiger partial charge in [-0.05, 0) is 58.1 Å². The highest BCUT2D eigenvalue weighted by Gasteiger charge is 2.49. The Morgan fingerprint density at radius 3 is 2.47 bits per heavy atom. The van der Waals surface area contributed by atoms with Crippen molar-refractivity contribution < 1.29 is 35.0 Å². The van der Waals surface area contributed by atoms with Gasteiger partial charge in [-0.3, -0.25) is 0 Å². The first-order valence-corrected chi connectivity index (χ1v) is 12.7. The molecule has 0 aromatic heterocycles. The largest absolute Gasteiger partial charge is 0.507 e. The number of allylic oxidation sites excluding steroid dienone is 2. The van der Waals surface area contributed by atoms with Crippen LogP contribution in [0.5, 0.6) is 11.5 Å². The van der Waals surface area contributed by atoms with E-state index in [2.05, 4.69) is 33.8 Å². The quantitative estimate of drug-likeness (QED) is 0.316. The lowest BCUT2D eigenvalue weighted by atomic mass is 9.67. The van der Waals surface area contributed by atoms with Crippen molar-refractivity contribution >= 4 is 0 Å². The van der Waals surface area contributed by atoms with Crippen LogP contribution in [0.2, 0.25) is 0 Å². The molecule has 3 aliphatic rings. The van der Waals surface area contributed by atoms with Crippen LogP contribution in [-0.4, -0.2) is 62.2 Å². The molecule has 0 radical (unpaired) electrons. The van der Waals surface area contributed by atoms with Gasteiger partial charge in [0.05, 0.1) is 6.61 Å². The number of rotatable bonds is 6. The minimum Gasteiger partial charge on any atom is -0.507 e. The van der Waals surface area contributed by atoms with Crippen LogP contribution in [0.3, 0.4) is 0 Å². The number of fused-ring (bicyclic) bond motifs is 3. The molecule has 1 fully saturated rings. The molecular formula is C27H40O7. The number of aliphatic hydroxyl groups excluding tert-OH is 4. The number of hydrogen-bond donors (Lipinski definition) is 5. The molecule has 0 amide bonds. The van der Waals surface area contributed by atoms with Crippen molar-refractivity contribution in [2.45, 2.75) is 108 Å². The molecule has 2 aliphatic heterocycles. The van der Waals surface area contributed by atoms with Gasteiger partial charge in [0.2, 0.25) is 0 Å². The minimum atomic E-state index is -1.51. The Balaban J connectivity index is 1.87. The number of phenols is 1. The summed E-state index contributed by atoms with van der Waals surface area (Å²) in [5.41, 5.74) is 2.78. The lowest BCUT2D eigenvalue weighted by molar-refractivity contribution is -0.232. The zero-order valence-corrected chi connectivity index (χ0v) is 20.7. The monoisotopic (exact) mass is 476 g/mol. The van der Waals surface area contributed by atoms with Crippen molar-refractivity contribution in [1.82, 2.24) is 0 Å². The summed E-state index contributed by atoms with van der Waals surface area (Å²) in [7, 11) is 0. The van der Waals surface area contributed by atoms with E-state index in [9.17, 15) is 25.5 Å². The highest BCUT2D eigenvalue weighted by atomic mass is 16.5. The number of unbranched alkanes of at least 4 members (excludes halogenated alkanes) is 2. The number of aryl methyl sites for hydroxylation is 1. The normalized spacial score (nSPS) is 34.6. The SMILES string of the molecule is CCCCCc1cc2c(c(O)c1[C@@H]1OC(CO)[C@@H](O)C(O)C1O)[C@@H]1C=C(C)CC[C@H]1C(C)(C)O2. The lowest BCUT2D eigenvalue weighted by Gasteiger charge is -2.47. The summed E-state index contributed by atoms with van der Waals surface area (Å²) in [5.74, 6) is 0.809. The van der Waals surface area contributed by atoms with Crippen molar-refractivity contribution in [3.63, 3.8) is 0 Å². The Kier molecular flexibility index (Phi) is 7.32. The molecule has 0 saturated carbocycles. The van der Waals surface area contributed by atoms with E-state index < -0.39 is 42.7 Å². The maximum absolute atomic E-state index is 11.7. The van der Waals surface area contributed by atoms with Crippen molar-refractivity contribution in [2.24, 2.45) is 5.92 Å². The fraction of sp³-hybridized carbons (Fsp3) is 0.704. The summed E-state index contributed by atoms with van der Waals surface area (Å²) in [6.45, 7) is 7.91. The Morgan fingerprint density at radius 1 is 1.06 bits per heavy atom. The van der Waals surface area contributed by atoms with Crippen molar-refractivity contribution in [3.8, 4) is 11.5 Å². The number of benzene rings is 1. The van der Waals surface area contributed by atoms with Crippen LogP contribution in [0, 0.1) is 5.92 Å². The van der Waals surface area contributed by atoms with Crippen LogP contribution in [0.25, 0.3) is 0 Å². The Bertz CT molecular complexity index is 922. The standard InChI is InChI=1S/C27H40O7/c1-5-6-7-8-15-12-18-21(16-11-14(2)9-10-17(16)27(3,4)34-18)23(30)20(15)26-25(32)24(31)22(29)19(13-28)33-26/h11-12,16-17,19,22,24-26,28-32H,5-10,13H2,1-4H3/t16-,17-,19?,22-,24?,25?,26+/m1/s1. The number of aromatic hydroxyl groups is 1. The second-order valence-corrected chi connectivity index (χ2v) is 10.8. The topological polar surface area (TPSA) is 120 Å². The van der Waals surface area contributed by atoms with E-state index in [1.165, 1.54) is 5.57 Å². The van der Waals surface area contributed by atoms with Gasteiger partial charge in [-0.1, -0.05) is 31.4 Å². The van der Waals surface area contributed by atoms with Gasteiger partial charge in [0.1, 0.15) is 47.6 Å². The summed E-state index contributed by atoms with van der Waals surface area (Å²) >= 11 is 0. The zero-order chi connectivity index (χ0) is 24.8. The van der Waals surface area contributed by atoms with Crippen molar-refractivity contribution in [1.29, 1.82) is 0 Å². The Morgan fingerprint density at radius 2 is 1.79 bits per heavy atom. The maximum atomic E-state index is 11.7. The molecule has 1 aliphatic carbocycles. The van der Waals surface area contributed by atoms with E-state index >= 15 is 0 Å². The molecule has 1 saturated heterocycles. The van der Waals surface area contributed by atoms with Crippen molar-refractivity contribution in [2.75, 3.05) is 6.61 Å². The van der Waals surface area contributed by atoms with Crippen LogP contribution in [0.4, 0.5) is 0 Å². The minimum absolute atomic E-state index is 0.0183. The van der Waals surface area contributed by atoms with Gasteiger partial charge in [-0.15, -0.1) is 0 Å². The first kappa shape index (κ1) is 25.5. The van der Waals surface area contributed by atoms with E-state index in [4.69, 9.17) is 9.47 Å². The summed E-state index contributed by atoms with van der Waals surface area (Å²) in [6.07, 6.45) is 1.18. The molecule has 4 rings (SSSR count). The molecule has 7 nitrogen and oxygen atoms in total. The molecule has 2 heterocycles. The Hall–Kier alpha value is -1.64. The summed E-state index contributed by atoms with van der Waals surface area (Å²) in [6, 6.07) is 1.96. The average molecular weight is 477 g/mol. The number of hydrogen-bond acceptors (Lipinski definition) is 7. The van der Waals surface area contributed by atoms with E-state index in [-0.39, 0.29) is 17.6 Å². The van der Waals surface area contributed by atoms with Crippen LogP contribution in [-0.2, 0) is 11.2 Å². The number of phenolic OH excluding ortho intramolecular Hbond substituents is 1. The van der Waals surface area contributed by atoms with Crippen LogP contribution in [0.1, 0.15) is 88.5 Å². The fourth-order valence-electron chi connectivity index (χ4n) is 6.06. The maximum Gasteiger partial charge on any atom is 0.129 e. The first-order valence-electron chi connectivity index (χ1n) is 12.7. The van der Waals surface area contributed by atoms with E-state index in [0.717, 1.165) is 37.7 Å². The van der Waals surface area contributed by atoms with Crippen LogP contribution >= 0.6 is 0 Å². The Labute approximate surface area is 202 Å². The van der Waals surface area contributed by atoms with Gasteiger partial charge in [-0.2, -0.15) is 0 Å². The third-order valence-electron chi connectivity index (χ3n) is 8.00. The summed E-state index contributed by atoms with van der Waals surface area (Å²) in [5, 5.41) is 53.1. The molecule has 34 heavy (non-hydrogen) atoms. The van der Waals surface area contributed by atoms with E-state index in [0.29, 0.717) is 23.3 Å². The highest BCUT2D eigenvalue weighted by Crippen LogP contribution is 2.56. The average Bonchev–Trinajstić information content (AvgIpc) is 2.78.